The van der Waals surface area contributed by atoms with Crippen molar-refractivity contribution in [3.63, 3.8) is 0 Å². The molecule has 3 atom stereocenters. The van der Waals surface area contributed by atoms with Crippen molar-refractivity contribution in [3.05, 3.63) is 11.6 Å². The molecule has 0 aromatic carbocycles. The molecule has 0 amide bonds. The lowest BCUT2D eigenvalue weighted by atomic mass is 9.87. The lowest BCUT2D eigenvalue weighted by molar-refractivity contribution is 0.218. The molecule has 0 aliphatic heterocycles. The minimum absolute atomic E-state index is 0.196. The van der Waals surface area contributed by atoms with Gasteiger partial charge in [0.25, 0.3) is 0 Å². The summed E-state index contributed by atoms with van der Waals surface area (Å²) in [6.07, 6.45) is 7.41. The van der Waals surface area contributed by atoms with Crippen molar-refractivity contribution in [1.82, 2.24) is 0 Å². The maximum atomic E-state index is 9.37. The molecule has 2 aliphatic rings. The number of allylic oxidation sites excluding steroid dienone is 1. The van der Waals surface area contributed by atoms with Crippen molar-refractivity contribution < 1.29 is 5.11 Å². The zero-order valence-corrected chi connectivity index (χ0v) is 7.09. The number of aliphatic hydroxyl groups excluding tert-OH is 1. The van der Waals surface area contributed by atoms with Crippen LogP contribution in [-0.4, -0.2) is 11.2 Å². The van der Waals surface area contributed by atoms with Gasteiger partial charge in [0.05, 0.1) is 6.10 Å². The summed E-state index contributed by atoms with van der Waals surface area (Å²) in [6.45, 7) is 1.89. The molecule has 62 valence electrons. The van der Waals surface area contributed by atoms with Crippen LogP contribution in [0.25, 0.3) is 0 Å². The number of rotatable bonds is 1. The van der Waals surface area contributed by atoms with Crippen molar-refractivity contribution in [1.29, 1.82) is 0 Å². The molecule has 1 fully saturated rings. The molecule has 1 nitrogen and oxygen atoms in total. The summed E-state index contributed by atoms with van der Waals surface area (Å²) in [4.78, 5) is 0. The summed E-state index contributed by atoms with van der Waals surface area (Å²) >= 11 is 0. The van der Waals surface area contributed by atoms with E-state index in [0.29, 0.717) is 0 Å². The second-order valence-electron chi connectivity index (χ2n) is 4.06. The number of fused-ring (bicyclic) bond motifs is 2. The van der Waals surface area contributed by atoms with Crippen LogP contribution < -0.4 is 0 Å². The van der Waals surface area contributed by atoms with Gasteiger partial charge < -0.3 is 5.11 Å². The molecule has 0 aromatic heterocycles. The zero-order chi connectivity index (χ0) is 7.84. The van der Waals surface area contributed by atoms with Crippen LogP contribution in [0.5, 0.6) is 0 Å². The average Bonchev–Trinajstić information content (AvgIpc) is 2.30. The van der Waals surface area contributed by atoms with Gasteiger partial charge in [-0.1, -0.05) is 6.08 Å². The summed E-state index contributed by atoms with van der Waals surface area (Å²) in [6, 6.07) is 0. The molecule has 1 N–H and O–H groups in total. The Hall–Kier alpha value is -0.300. The molecule has 1 heteroatoms. The van der Waals surface area contributed by atoms with Crippen LogP contribution in [0.3, 0.4) is 0 Å². The van der Waals surface area contributed by atoms with E-state index in [2.05, 4.69) is 6.08 Å². The second kappa shape index (κ2) is 2.63. The van der Waals surface area contributed by atoms with Crippen molar-refractivity contribution in [2.75, 3.05) is 0 Å². The maximum absolute atomic E-state index is 9.37. The summed E-state index contributed by atoms with van der Waals surface area (Å²) < 4.78 is 0. The fraction of sp³-hybridized carbons (Fsp3) is 0.800. The largest absolute Gasteiger partial charge is 0.389 e. The van der Waals surface area contributed by atoms with E-state index in [1.807, 2.05) is 6.92 Å². The standard InChI is InChI=1S/C10H16O/c1-7(11)10-5-8-2-3-9(4-8)6-10/h5,7-9,11H,2-4,6H2,1H3. The molecular formula is C10H16O. The number of hydrogen-bond acceptors (Lipinski definition) is 1. The predicted molar refractivity (Wildman–Crippen MR) is 45.2 cm³/mol. The molecule has 0 heterocycles. The van der Waals surface area contributed by atoms with Crippen LogP contribution in [0.2, 0.25) is 0 Å². The molecule has 0 aromatic rings. The van der Waals surface area contributed by atoms with E-state index < -0.39 is 0 Å². The Bertz CT molecular complexity index is 181. The highest BCUT2D eigenvalue weighted by molar-refractivity contribution is 5.15. The van der Waals surface area contributed by atoms with Gasteiger partial charge in [0, 0.05) is 0 Å². The minimum Gasteiger partial charge on any atom is -0.389 e. The Morgan fingerprint density at radius 2 is 2.36 bits per heavy atom. The molecule has 0 radical (unpaired) electrons. The molecule has 11 heavy (non-hydrogen) atoms. The highest BCUT2D eigenvalue weighted by atomic mass is 16.3. The maximum Gasteiger partial charge on any atom is 0.0722 e. The predicted octanol–water partition coefficient (Wildman–Crippen LogP) is 2.11. The van der Waals surface area contributed by atoms with E-state index in [1.165, 1.54) is 24.8 Å². The van der Waals surface area contributed by atoms with Gasteiger partial charge in [-0.2, -0.15) is 0 Å². The van der Waals surface area contributed by atoms with E-state index in [0.717, 1.165) is 18.3 Å². The SMILES string of the molecule is CC(O)C1=CC2CCC(C1)C2. The van der Waals surface area contributed by atoms with E-state index in [4.69, 9.17) is 0 Å². The fourth-order valence-corrected chi connectivity index (χ4v) is 2.46. The Morgan fingerprint density at radius 1 is 1.55 bits per heavy atom. The number of aliphatic hydroxyl groups is 1. The normalized spacial score (nSPS) is 38.5. The lowest BCUT2D eigenvalue weighted by Gasteiger charge is -2.20. The van der Waals surface area contributed by atoms with Gasteiger partial charge in [0.2, 0.25) is 0 Å². The van der Waals surface area contributed by atoms with Gasteiger partial charge in [-0.15, -0.1) is 0 Å². The topological polar surface area (TPSA) is 20.2 Å². The third-order valence-electron chi connectivity index (χ3n) is 3.09. The van der Waals surface area contributed by atoms with E-state index in [-0.39, 0.29) is 6.10 Å². The summed E-state index contributed by atoms with van der Waals surface area (Å²) in [5.41, 5.74) is 1.30. The molecule has 3 unspecified atom stereocenters. The smallest absolute Gasteiger partial charge is 0.0722 e. The summed E-state index contributed by atoms with van der Waals surface area (Å²) in [5, 5.41) is 9.37. The minimum atomic E-state index is -0.196. The van der Waals surface area contributed by atoms with E-state index in [9.17, 15) is 5.11 Å². The molecule has 1 saturated carbocycles. The van der Waals surface area contributed by atoms with Gasteiger partial charge in [0.1, 0.15) is 0 Å². The quantitative estimate of drug-likeness (QED) is 0.570. The monoisotopic (exact) mass is 152 g/mol. The van der Waals surface area contributed by atoms with Gasteiger partial charge in [-0.25, -0.2) is 0 Å². The van der Waals surface area contributed by atoms with E-state index in [1.54, 1.807) is 0 Å². The third-order valence-corrected chi connectivity index (χ3v) is 3.09. The first-order valence-corrected chi connectivity index (χ1v) is 4.64. The number of hydrogen-bond donors (Lipinski definition) is 1. The average molecular weight is 152 g/mol. The molecule has 2 bridgehead atoms. The van der Waals surface area contributed by atoms with Crippen molar-refractivity contribution in [2.24, 2.45) is 11.8 Å². The van der Waals surface area contributed by atoms with Crippen molar-refractivity contribution in [2.45, 2.75) is 38.7 Å². The summed E-state index contributed by atoms with van der Waals surface area (Å²) in [7, 11) is 0. The van der Waals surface area contributed by atoms with Crippen LogP contribution in [0.1, 0.15) is 32.6 Å². The molecule has 0 spiro atoms. The first kappa shape index (κ1) is 7.35. The van der Waals surface area contributed by atoms with Crippen LogP contribution >= 0.6 is 0 Å². The first-order chi connectivity index (χ1) is 5.25. The zero-order valence-electron chi connectivity index (χ0n) is 7.09. The lowest BCUT2D eigenvalue weighted by Crippen LogP contribution is -2.13. The van der Waals surface area contributed by atoms with Gasteiger partial charge >= 0.3 is 0 Å². The molecular weight excluding hydrogens is 136 g/mol. The first-order valence-electron chi connectivity index (χ1n) is 4.64. The Balaban J connectivity index is 2.13. The third kappa shape index (κ3) is 1.34. The van der Waals surface area contributed by atoms with Crippen LogP contribution in [0.4, 0.5) is 0 Å². The van der Waals surface area contributed by atoms with Gasteiger partial charge in [-0.3, -0.25) is 0 Å². The van der Waals surface area contributed by atoms with Gasteiger partial charge in [0.15, 0.2) is 0 Å². The second-order valence-corrected chi connectivity index (χ2v) is 4.06. The Labute approximate surface area is 68.1 Å². The molecule has 2 aliphatic carbocycles. The summed E-state index contributed by atoms with van der Waals surface area (Å²) in [5.74, 6) is 1.70. The van der Waals surface area contributed by atoms with Crippen molar-refractivity contribution >= 4 is 0 Å². The molecule has 2 rings (SSSR count). The Kier molecular flexibility index (Phi) is 1.76. The Morgan fingerprint density at radius 3 is 3.00 bits per heavy atom. The van der Waals surface area contributed by atoms with Crippen LogP contribution in [-0.2, 0) is 0 Å². The van der Waals surface area contributed by atoms with Crippen molar-refractivity contribution in [3.8, 4) is 0 Å². The van der Waals surface area contributed by atoms with Gasteiger partial charge in [-0.05, 0) is 50.0 Å². The highest BCUT2D eigenvalue weighted by Gasteiger charge is 2.29. The van der Waals surface area contributed by atoms with Crippen LogP contribution in [0.15, 0.2) is 11.6 Å². The fourth-order valence-electron chi connectivity index (χ4n) is 2.46. The van der Waals surface area contributed by atoms with Crippen LogP contribution in [0, 0.1) is 11.8 Å². The highest BCUT2D eigenvalue weighted by Crippen LogP contribution is 2.41. The molecule has 0 saturated heterocycles. The van der Waals surface area contributed by atoms with E-state index >= 15 is 0 Å².